The van der Waals surface area contributed by atoms with E-state index in [1.807, 2.05) is 27.7 Å². The predicted molar refractivity (Wildman–Crippen MR) is 324 cm³/mol. The van der Waals surface area contributed by atoms with E-state index < -0.39 is 138 Å². The maximum Gasteiger partial charge on any atom is 0.250 e. The fourth-order valence-electron chi connectivity index (χ4n) is 10.2. The van der Waals surface area contributed by atoms with Crippen LogP contribution in [-0.2, 0) is 65.6 Å². The molecule has 1 saturated heterocycles. The van der Waals surface area contributed by atoms with Crippen LogP contribution in [0.1, 0.15) is 117 Å². The second-order valence-electron chi connectivity index (χ2n) is 23.4. The fourth-order valence-corrected chi connectivity index (χ4v) is 10.2. The van der Waals surface area contributed by atoms with Crippen LogP contribution in [0.2, 0.25) is 0 Å². The van der Waals surface area contributed by atoms with Crippen LogP contribution < -0.4 is 37.6 Å². The molecule has 23 nitrogen and oxygen atoms in total. The number of rotatable bonds is 14. The average molecular weight is 1190 g/mol. The number of aliphatic hydroxyl groups is 1. The van der Waals surface area contributed by atoms with E-state index >= 15 is 0 Å². The lowest BCUT2D eigenvalue weighted by atomic mass is 9.89. The van der Waals surface area contributed by atoms with E-state index in [0.29, 0.717) is 16.7 Å². The Labute approximate surface area is 505 Å². The first kappa shape index (κ1) is 70.3. The first-order chi connectivity index (χ1) is 40.5. The van der Waals surface area contributed by atoms with E-state index in [-0.39, 0.29) is 63.3 Å². The number of aliphatic hydroxyl groups excluding tert-OH is 1. The molecule has 0 radical (unpaired) electrons. The molecule has 3 aromatic carbocycles. The quantitative estimate of drug-likeness (QED) is 0.114. The molecule has 0 aliphatic carbocycles. The molecular formula is C63H91N11O12. The third-order valence-electron chi connectivity index (χ3n) is 15.6. The van der Waals surface area contributed by atoms with E-state index in [9.17, 15) is 57.8 Å². The number of carbonyl (C=O) groups excluding carboxylic acids is 11. The number of primary amides is 1. The van der Waals surface area contributed by atoms with Crippen molar-refractivity contribution >= 4 is 65.0 Å². The number of hydrogen-bond acceptors (Lipinski definition) is 12. The second-order valence-corrected chi connectivity index (χ2v) is 23.4. The van der Waals surface area contributed by atoms with Crippen molar-refractivity contribution < 1.29 is 57.8 Å². The number of nitrogens with one attached hydrogen (secondary N) is 6. The molecule has 1 unspecified atom stereocenters. The number of likely N-dealkylation sites (N-methyl/N-ethyl adjacent to an activating group) is 4. The summed E-state index contributed by atoms with van der Waals surface area (Å²) in [6, 6.07) is 15.0. The normalized spacial score (nSPS) is 24.6. The summed E-state index contributed by atoms with van der Waals surface area (Å²) >= 11 is 0. The molecule has 11 atom stereocenters. The van der Waals surface area contributed by atoms with Gasteiger partial charge in [-0.15, -0.1) is 0 Å². The molecule has 23 heteroatoms. The molecule has 0 aromatic heterocycles. The Balaban J connectivity index is 1.77. The number of amides is 11. The topological polar surface area (TPSA) is 319 Å². The van der Waals surface area contributed by atoms with Crippen molar-refractivity contribution in [3.05, 3.63) is 108 Å². The summed E-state index contributed by atoms with van der Waals surface area (Å²) in [5.74, 6) is -9.37. The van der Waals surface area contributed by atoms with E-state index in [2.05, 4.69) is 31.9 Å². The number of benzene rings is 3. The Morgan fingerprint density at radius 3 is 1.62 bits per heavy atom. The molecule has 86 heavy (non-hydrogen) atoms. The van der Waals surface area contributed by atoms with Gasteiger partial charge in [-0.25, -0.2) is 0 Å². The molecule has 1 heterocycles. The summed E-state index contributed by atoms with van der Waals surface area (Å²) in [6.45, 7) is 13.2. The van der Waals surface area contributed by atoms with Crippen LogP contribution in [0.5, 0.6) is 0 Å². The average Bonchev–Trinajstić information content (AvgIpc) is 2.10. The summed E-state index contributed by atoms with van der Waals surface area (Å²) < 4.78 is 0. The summed E-state index contributed by atoms with van der Waals surface area (Å²) in [5.41, 5.74) is 7.39. The van der Waals surface area contributed by atoms with Crippen LogP contribution >= 0.6 is 0 Å². The van der Waals surface area contributed by atoms with Crippen LogP contribution in [0.4, 0.5) is 0 Å². The third kappa shape index (κ3) is 20.5. The molecule has 0 bridgehead atoms. The molecular weight excluding hydrogens is 1100 g/mol. The van der Waals surface area contributed by atoms with Gasteiger partial charge >= 0.3 is 0 Å². The van der Waals surface area contributed by atoms with Crippen molar-refractivity contribution in [2.45, 2.75) is 173 Å². The Morgan fingerprint density at radius 1 is 0.547 bits per heavy atom. The highest BCUT2D eigenvalue weighted by molar-refractivity contribution is 5.98. The number of nitrogens with two attached hydrogens (primary N) is 1. The van der Waals surface area contributed by atoms with Crippen molar-refractivity contribution in [2.75, 3.05) is 34.7 Å². The lowest BCUT2D eigenvalue weighted by Gasteiger charge is -2.36. The minimum absolute atomic E-state index is 0.0144. The first-order valence-corrected chi connectivity index (χ1v) is 29.5. The SMILES string of the molecule is CC(C)C[C@@H]1NC(=O)[C@@H](NC(=O)[C@@H](O)C(CC(N)=O)c2ccccc2)CCCCNC(=O)[C@H](Cc2ccccc2)NC(=O)[C@H](C)NC(=O)[C@H](C)N(C)C(=O)[C@H](Cc2ccccc2)N(C)C(=O)[C@H](C)NC(=O)[C@H](CC(C)C)N(C)C(=O)[C@H](C)N(C)C1=O. The van der Waals surface area contributed by atoms with Gasteiger partial charge < -0.3 is 62.3 Å². The summed E-state index contributed by atoms with van der Waals surface area (Å²) in [5, 5.41) is 27.9. The molecule has 4 rings (SSSR count). The Morgan fingerprint density at radius 2 is 1.06 bits per heavy atom. The number of nitrogens with zero attached hydrogens (tertiary/aromatic N) is 4. The molecule has 9 N–H and O–H groups in total. The van der Waals surface area contributed by atoms with Gasteiger partial charge in [0, 0.05) is 59.9 Å². The Bertz CT molecular complexity index is 2810. The molecule has 3 aromatic rings. The molecule has 0 spiro atoms. The summed E-state index contributed by atoms with van der Waals surface area (Å²) in [4.78, 5) is 160. The van der Waals surface area contributed by atoms with Crippen molar-refractivity contribution in [1.82, 2.24) is 51.5 Å². The predicted octanol–water partition coefficient (Wildman–Crippen LogP) is 1.70. The molecule has 1 aliphatic rings. The number of hydrogen-bond donors (Lipinski definition) is 8. The maximum absolute atomic E-state index is 14.6. The van der Waals surface area contributed by atoms with Crippen molar-refractivity contribution in [2.24, 2.45) is 17.6 Å². The van der Waals surface area contributed by atoms with Gasteiger partial charge in [0.25, 0.3) is 0 Å². The van der Waals surface area contributed by atoms with Gasteiger partial charge in [0.05, 0.1) is 0 Å². The zero-order chi connectivity index (χ0) is 64.1. The highest BCUT2D eigenvalue weighted by atomic mass is 16.3. The number of carbonyl (C=O) groups is 11. The van der Waals surface area contributed by atoms with E-state index in [0.717, 1.165) is 4.90 Å². The van der Waals surface area contributed by atoms with E-state index in [1.165, 1.54) is 70.6 Å². The van der Waals surface area contributed by atoms with Crippen LogP contribution in [0.15, 0.2) is 91.0 Å². The van der Waals surface area contributed by atoms with Gasteiger partial charge in [-0.1, -0.05) is 119 Å². The Hall–Kier alpha value is -8.21. The molecule has 1 fully saturated rings. The fraction of sp³-hybridized carbons (Fsp3) is 0.540. The second kappa shape index (κ2) is 33.5. The molecule has 11 amide bonds. The van der Waals surface area contributed by atoms with Gasteiger partial charge in [0.1, 0.15) is 60.5 Å². The van der Waals surface area contributed by atoms with Crippen molar-refractivity contribution in [1.29, 1.82) is 0 Å². The lowest BCUT2D eigenvalue weighted by molar-refractivity contribution is -0.150. The van der Waals surface area contributed by atoms with Crippen LogP contribution in [0.3, 0.4) is 0 Å². The van der Waals surface area contributed by atoms with Crippen molar-refractivity contribution in [3.63, 3.8) is 0 Å². The zero-order valence-electron chi connectivity index (χ0n) is 51.8. The van der Waals surface area contributed by atoms with Crippen LogP contribution in [0.25, 0.3) is 0 Å². The van der Waals surface area contributed by atoms with Crippen molar-refractivity contribution in [3.8, 4) is 0 Å². The summed E-state index contributed by atoms with van der Waals surface area (Å²) in [6.07, 6.45) is -1.69. The van der Waals surface area contributed by atoms with Gasteiger partial charge in [-0.2, -0.15) is 0 Å². The summed E-state index contributed by atoms with van der Waals surface area (Å²) in [7, 11) is 5.61. The maximum atomic E-state index is 14.6. The van der Waals surface area contributed by atoms with Gasteiger partial charge in [0.15, 0.2) is 0 Å². The van der Waals surface area contributed by atoms with Gasteiger partial charge in [0.2, 0.25) is 65.0 Å². The molecule has 470 valence electrons. The largest absolute Gasteiger partial charge is 0.383 e. The standard InChI is InChI=1S/C63H91N11O12/c1-37(2)32-49-62(85)72(10)42(8)61(84)73(11)50(33-38(3)4)58(81)67-40(6)60(83)74(12)51(35-44-26-18-14-19-27-44)63(86)71(9)41(7)55(78)66-39(5)54(77)69-48(34-43-24-16-13-17-25-43)56(79)65-31-23-22-30-47(57(80)70-49)68-59(82)53(76)46(36-52(64)75)45-28-20-15-21-29-45/h13-21,24-29,37-42,46-51,53,76H,22-23,30-36H2,1-12H3,(H2,64,75)(H,65,79)(H,66,78)(H,67,81)(H,68,82)(H,69,77)(H,70,80)/t39-,40-,41-,42-,46?,47-,48-,49-,50-,51-,53-/m0/s1. The van der Waals surface area contributed by atoms with Gasteiger partial charge in [-0.05, 0) is 88.3 Å². The monoisotopic (exact) mass is 1190 g/mol. The molecule has 0 saturated carbocycles. The van der Waals surface area contributed by atoms with Gasteiger partial charge in [-0.3, -0.25) is 52.7 Å². The Kier molecular flexibility index (Phi) is 27.4. The van der Waals surface area contributed by atoms with Crippen LogP contribution in [-0.4, -0.2) is 185 Å². The van der Waals surface area contributed by atoms with E-state index in [1.54, 1.807) is 91.0 Å². The first-order valence-electron chi connectivity index (χ1n) is 29.5. The smallest absolute Gasteiger partial charge is 0.250 e. The molecule has 1 aliphatic heterocycles. The minimum Gasteiger partial charge on any atom is -0.383 e. The zero-order valence-corrected chi connectivity index (χ0v) is 51.8. The minimum atomic E-state index is -1.87. The van der Waals surface area contributed by atoms with E-state index in [4.69, 9.17) is 5.73 Å². The highest BCUT2D eigenvalue weighted by Gasteiger charge is 2.40. The lowest BCUT2D eigenvalue weighted by Crippen LogP contribution is -2.60. The third-order valence-corrected chi connectivity index (χ3v) is 15.6. The van der Waals surface area contributed by atoms with Crippen LogP contribution in [0, 0.1) is 11.8 Å². The highest BCUT2D eigenvalue weighted by Crippen LogP contribution is 2.25.